The average Bonchev–Trinajstić information content (AvgIpc) is 2.37. The number of hydrogen-bond donors (Lipinski definition) is 1. The molecule has 1 unspecified atom stereocenters. The highest BCUT2D eigenvalue weighted by Gasteiger charge is 2.12. The summed E-state index contributed by atoms with van der Waals surface area (Å²) in [5.41, 5.74) is 2.24. The average molecular weight is 264 g/mol. The minimum Gasteiger partial charge on any atom is -0.387 e. The Morgan fingerprint density at radius 1 is 1.11 bits per heavy atom. The van der Waals surface area contributed by atoms with E-state index in [9.17, 15) is 5.11 Å². The molecule has 0 aliphatic rings. The van der Waals surface area contributed by atoms with Crippen molar-refractivity contribution < 1.29 is 5.11 Å². The van der Waals surface area contributed by atoms with Crippen molar-refractivity contribution in [2.75, 3.05) is 40.3 Å². The van der Waals surface area contributed by atoms with Crippen LogP contribution in [0.15, 0.2) is 24.3 Å². The fraction of sp³-hybridized carbons (Fsp3) is 0.625. The van der Waals surface area contributed by atoms with Crippen molar-refractivity contribution in [3.8, 4) is 0 Å². The van der Waals surface area contributed by atoms with Crippen molar-refractivity contribution in [3.05, 3.63) is 35.4 Å². The van der Waals surface area contributed by atoms with Crippen molar-refractivity contribution in [1.82, 2.24) is 9.80 Å². The maximum atomic E-state index is 10.3. The quantitative estimate of drug-likeness (QED) is 0.780. The van der Waals surface area contributed by atoms with E-state index in [0.29, 0.717) is 6.54 Å². The Kier molecular flexibility index (Phi) is 7.06. The van der Waals surface area contributed by atoms with E-state index < -0.39 is 0 Å². The lowest BCUT2D eigenvalue weighted by atomic mass is 10.1. The molecular formula is C16H28N2O. The van der Waals surface area contributed by atoms with E-state index in [4.69, 9.17) is 0 Å². The normalized spacial score (nSPS) is 13.2. The molecule has 1 rings (SSSR count). The van der Waals surface area contributed by atoms with E-state index in [1.165, 1.54) is 5.56 Å². The van der Waals surface area contributed by atoms with Gasteiger partial charge in [-0.2, -0.15) is 0 Å². The lowest BCUT2D eigenvalue weighted by molar-refractivity contribution is 0.114. The van der Waals surface area contributed by atoms with E-state index in [1.54, 1.807) is 0 Å². The van der Waals surface area contributed by atoms with E-state index in [1.807, 2.05) is 12.1 Å². The van der Waals surface area contributed by atoms with Gasteiger partial charge in [-0.25, -0.2) is 0 Å². The number of rotatable bonds is 8. The zero-order valence-corrected chi connectivity index (χ0v) is 12.8. The third kappa shape index (κ3) is 6.19. The first-order valence-electron chi connectivity index (χ1n) is 7.14. The van der Waals surface area contributed by atoms with Gasteiger partial charge in [0, 0.05) is 6.54 Å². The summed E-state index contributed by atoms with van der Waals surface area (Å²) in [5.74, 6) is 0. The first-order chi connectivity index (χ1) is 9.02. The third-order valence-corrected chi connectivity index (χ3v) is 3.42. The van der Waals surface area contributed by atoms with Gasteiger partial charge in [-0.05, 0) is 52.6 Å². The van der Waals surface area contributed by atoms with Crippen LogP contribution in [0.25, 0.3) is 0 Å². The van der Waals surface area contributed by atoms with Crippen LogP contribution in [0.2, 0.25) is 0 Å². The Morgan fingerprint density at radius 2 is 1.74 bits per heavy atom. The Balaban J connectivity index is 2.43. The van der Waals surface area contributed by atoms with Crippen molar-refractivity contribution >= 4 is 0 Å². The molecule has 1 aromatic carbocycles. The highest BCUT2D eigenvalue weighted by molar-refractivity contribution is 5.23. The number of hydrogen-bond acceptors (Lipinski definition) is 3. The lowest BCUT2D eigenvalue weighted by Crippen LogP contribution is -2.31. The van der Waals surface area contributed by atoms with Gasteiger partial charge >= 0.3 is 0 Å². The summed E-state index contributed by atoms with van der Waals surface area (Å²) < 4.78 is 0. The molecule has 108 valence electrons. The van der Waals surface area contributed by atoms with E-state index in [-0.39, 0.29) is 6.10 Å². The molecule has 1 atom stereocenters. The molecule has 0 saturated carbocycles. The van der Waals surface area contributed by atoms with Crippen LogP contribution in [0.3, 0.4) is 0 Å². The first kappa shape index (κ1) is 16.2. The maximum absolute atomic E-state index is 10.3. The van der Waals surface area contributed by atoms with Gasteiger partial charge in [0.15, 0.2) is 0 Å². The smallest absolute Gasteiger partial charge is 0.0916 e. The second kappa shape index (κ2) is 8.31. The predicted octanol–water partition coefficient (Wildman–Crippen LogP) is 2.30. The Labute approximate surface area is 117 Å². The molecule has 19 heavy (non-hydrogen) atoms. The van der Waals surface area contributed by atoms with Gasteiger partial charge in [0.2, 0.25) is 0 Å². The second-order valence-corrected chi connectivity index (χ2v) is 5.48. The van der Waals surface area contributed by atoms with Gasteiger partial charge in [0.25, 0.3) is 0 Å². The standard InChI is InChI=1S/C16H28N2O/c1-5-18(12-6-11-17(3)4)13-16(19)15-9-7-14(2)8-10-15/h7-10,16,19H,5-6,11-13H2,1-4H3. The summed E-state index contributed by atoms with van der Waals surface area (Å²) in [6.45, 7) is 8.05. The van der Waals surface area contributed by atoms with Crippen LogP contribution in [-0.2, 0) is 0 Å². The van der Waals surface area contributed by atoms with Crippen molar-refractivity contribution in [2.24, 2.45) is 0 Å². The largest absolute Gasteiger partial charge is 0.387 e. The molecule has 0 amide bonds. The number of aliphatic hydroxyl groups excluding tert-OH is 1. The number of aryl methyl sites for hydroxylation is 1. The summed E-state index contributed by atoms with van der Waals surface area (Å²) in [4.78, 5) is 4.51. The molecule has 0 fully saturated rings. The summed E-state index contributed by atoms with van der Waals surface area (Å²) in [7, 11) is 4.19. The SMILES string of the molecule is CCN(CCCN(C)C)CC(O)c1ccc(C)cc1. The topological polar surface area (TPSA) is 26.7 Å². The molecule has 3 heteroatoms. The van der Waals surface area contributed by atoms with Gasteiger partial charge < -0.3 is 14.9 Å². The molecule has 0 saturated heterocycles. The molecule has 1 N–H and O–H groups in total. The van der Waals surface area contributed by atoms with Crippen LogP contribution < -0.4 is 0 Å². The fourth-order valence-electron chi connectivity index (χ4n) is 2.13. The molecule has 0 heterocycles. The molecule has 1 aromatic rings. The third-order valence-electron chi connectivity index (χ3n) is 3.42. The van der Waals surface area contributed by atoms with Gasteiger partial charge in [-0.3, -0.25) is 0 Å². The molecule has 0 spiro atoms. The minimum atomic E-state index is -0.389. The minimum absolute atomic E-state index is 0.389. The maximum Gasteiger partial charge on any atom is 0.0916 e. The Hall–Kier alpha value is -0.900. The van der Waals surface area contributed by atoms with Crippen LogP contribution in [0.4, 0.5) is 0 Å². The second-order valence-electron chi connectivity index (χ2n) is 5.48. The molecule has 0 bridgehead atoms. The summed E-state index contributed by atoms with van der Waals surface area (Å²) >= 11 is 0. The van der Waals surface area contributed by atoms with E-state index in [0.717, 1.165) is 31.6 Å². The lowest BCUT2D eigenvalue weighted by Gasteiger charge is -2.24. The van der Waals surface area contributed by atoms with Gasteiger partial charge in [-0.15, -0.1) is 0 Å². The molecular weight excluding hydrogens is 236 g/mol. The first-order valence-corrected chi connectivity index (χ1v) is 7.14. The van der Waals surface area contributed by atoms with Crippen molar-refractivity contribution in [3.63, 3.8) is 0 Å². The highest BCUT2D eigenvalue weighted by atomic mass is 16.3. The van der Waals surface area contributed by atoms with Crippen LogP contribution >= 0.6 is 0 Å². The number of aliphatic hydroxyl groups is 1. The Bertz CT molecular complexity index is 348. The summed E-state index contributed by atoms with van der Waals surface area (Å²) in [5, 5.41) is 10.3. The zero-order chi connectivity index (χ0) is 14.3. The molecule has 3 nitrogen and oxygen atoms in total. The van der Waals surface area contributed by atoms with E-state index in [2.05, 4.69) is 49.9 Å². The summed E-state index contributed by atoms with van der Waals surface area (Å²) in [6.07, 6.45) is 0.751. The van der Waals surface area contributed by atoms with Crippen LogP contribution in [-0.4, -0.2) is 55.2 Å². The molecule has 0 aliphatic heterocycles. The predicted molar refractivity (Wildman–Crippen MR) is 81.4 cm³/mol. The molecule has 0 radical (unpaired) electrons. The van der Waals surface area contributed by atoms with Crippen LogP contribution in [0.1, 0.15) is 30.6 Å². The fourth-order valence-corrected chi connectivity index (χ4v) is 2.13. The summed E-state index contributed by atoms with van der Waals surface area (Å²) in [6, 6.07) is 8.16. The van der Waals surface area contributed by atoms with Gasteiger partial charge in [0.1, 0.15) is 0 Å². The number of likely N-dealkylation sites (N-methyl/N-ethyl adjacent to an activating group) is 1. The van der Waals surface area contributed by atoms with Crippen LogP contribution in [0.5, 0.6) is 0 Å². The highest BCUT2D eigenvalue weighted by Crippen LogP contribution is 2.15. The Morgan fingerprint density at radius 3 is 2.26 bits per heavy atom. The molecule has 0 aromatic heterocycles. The monoisotopic (exact) mass is 264 g/mol. The van der Waals surface area contributed by atoms with Gasteiger partial charge in [0.05, 0.1) is 6.10 Å². The molecule has 0 aliphatic carbocycles. The van der Waals surface area contributed by atoms with Gasteiger partial charge in [-0.1, -0.05) is 36.8 Å². The van der Waals surface area contributed by atoms with E-state index >= 15 is 0 Å². The van der Waals surface area contributed by atoms with Crippen molar-refractivity contribution in [2.45, 2.75) is 26.4 Å². The zero-order valence-electron chi connectivity index (χ0n) is 12.8. The number of nitrogens with zero attached hydrogens (tertiary/aromatic N) is 2. The number of benzene rings is 1. The van der Waals surface area contributed by atoms with Crippen molar-refractivity contribution in [1.29, 1.82) is 0 Å². The van der Waals surface area contributed by atoms with Crippen LogP contribution in [0, 0.1) is 6.92 Å².